The van der Waals surface area contributed by atoms with Crippen molar-refractivity contribution in [3.63, 3.8) is 0 Å². The van der Waals surface area contributed by atoms with Gasteiger partial charge in [0.25, 0.3) is 0 Å². The van der Waals surface area contributed by atoms with E-state index in [1.165, 1.54) is 0 Å². The van der Waals surface area contributed by atoms with Crippen LogP contribution in [0.3, 0.4) is 0 Å². The maximum absolute atomic E-state index is 12.9. The van der Waals surface area contributed by atoms with E-state index in [0.717, 1.165) is 6.07 Å². The Hall–Kier alpha value is -0.480. The smallest absolute Gasteiger partial charge is 0.156 e. The average molecular weight is 255 g/mol. The first-order chi connectivity index (χ1) is 5.57. The largest absolute Gasteiger partial charge is 0.298 e. The fourth-order valence-electron chi connectivity index (χ4n) is 0.688. The van der Waals surface area contributed by atoms with E-state index in [-0.39, 0.29) is 15.8 Å². The second-order valence-electron chi connectivity index (χ2n) is 2.00. The van der Waals surface area contributed by atoms with Gasteiger partial charge in [-0.2, -0.15) is 0 Å². The van der Waals surface area contributed by atoms with Gasteiger partial charge in [0.2, 0.25) is 0 Å². The molecule has 12 heavy (non-hydrogen) atoms. The van der Waals surface area contributed by atoms with Crippen LogP contribution in [0.1, 0.15) is 10.4 Å². The van der Waals surface area contributed by atoms with Crippen molar-refractivity contribution in [2.45, 2.75) is 0 Å². The molecular weight excluding hydrogens is 253 g/mol. The topological polar surface area (TPSA) is 17.1 Å². The highest BCUT2D eigenvalue weighted by Gasteiger charge is 2.14. The van der Waals surface area contributed by atoms with Crippen molar-refractivity contribution in [3.05, 3.63) is 32.8 Å². The van der Waals surface area contributed by atoms with Gasteiger partial charge in [0.05, 0.1) is 15.1 Å². The van der Waals surface area contributed by atoms with Gasteiger partial charge in [-0.1, -0.05) is 11.6 Å². The predicted octanol–water partition coefficient (Wildman–Crippen LogP) is 3.19. The van der Waals surface area contributed by atoms with Crippen molar-refractivity contribution in [1.29, 1.82) is 0 Å². The van der Waals surface area contributed by atoms with Gasteiger partial charge in [0, 0.05) is 0 Å². The summed E-state index contributed by atoms with van der Waals surface area (Å²) in [7, 11) is 0. The summed E-state index contributed by atoms with van der Waals surface area (Å²) in [5, 5.41) is -0.101. The quantitative estimate of drug-likeness (QED) is 0.428. The van der Waals surface area contributed by atoms with E-state index in [2.05, 4.69) is 15.9 Å². The Morgan fingerprint density at radius 3 is 2.58 bits per heavy atom. The number of hydrogen-bond donors (Lipinski definition) is 0. The van der Waals surface area contributed by atoms with Crippen LogP contribution >= 0.6 is 27.5 Å². The molecule has 0 aliphatic carbocycles. The van der Waals surface area contributed by atoms with Crippen molar-refractivity contribution in [3.8, 4) is 0 Å². The van der Waals surface area contributed by atoms with Gasteiger partial charge in [0.1, 0.15) is 5.82 Å². The molecule has 5 heteroatoms. The summed E-state index contributed by atoms with van der Waals surface area (Å²) in [5.41, 5.74) is -0.619. The Kier molecular flexibility index (Phi) is 2.80. The first-order valence-corrected chi connectivity index (χ1v) is 4.03. The van der Waals surface area contributed by atoms with E-state index in [0.29, 0.717) is 0 Å². The van der Waals surface area contributed by atoms with E-state index >= 15 is 0 Å². The minimum atomic E-state index is -0.977. The van der Waals surface area contributed by atoms with Gasteiger partial charge in [-0.25, -0.2) is 8.78 Å². The molecule has 1 aromatic carbocycles. The molecule has 0 aliphatic rings. The number of carbonyl (C=O) groups is 1. The van der Waals surface area contributed by atoms with Gasteiger partial charge in [-0.3, -0.25) is 4.79 Å². The zero-order chi connectivity index (χ0) is 9.30. The zero-order valence-corrected chi connectivity index (χ0v) is 7.92. The average Bonchev–Trinajstić information content (AvgIpc) is 2.01. The third-order valence-electron chi connectivity index (χ3n) is 1.27. The van der Waals surface area contributed by atoms with Gasteiger partial charge >= 0.3 is 0 Å². The molecule has 0 heterocycles. The lowest BCUT2D eigenvalue weighted by Crippen LogP contribution is -1.95. The molecule has 1 nitrogen and oxygen atoms in total. The number of hydrogen-bond acceptors (Lipinski definition) is 1. The maximum atomic E-state index is 12.9. The monoisotopic (exact) mass is 254 g/mol. The van der Waals surface area contributed by atoms with Crippen LogP contribution < -0.4 is 0 Å². The molecule has 0 unspecified atom stereocenters. The molecule has 0 fully saturated rings. The molecule has 64 valence electrons. The van der Waals surface area contributed by atoms with E-state index in [1.54, 1.807) is 0 Å². The highest BCUT2D eigenvalue weighted by Crippen LogP contribution is 2.28. The van der Waals surface area contributed by atoms with Crippen LogP contribution in [0.4, 0.5) is 8.78 Å². The Labute approximate surface area is 80.5 Å². The van der Waals surface area contributed by atoms with E-state index in [1.807, 2.05) is 0 Å². The summed E-state index contributed by atoms with van der Waals surface area (Å²) in [6.07, 6.45) is 0.103. The number of rotatable bonds is 1. The molecule has 0 N–H and O–H groups in total. The number of halogens is 4. The molecule has 0 amide bonds. The lowest BCUT2D eigenvalue weighted by Gasteiger charge is -2.01. The van der Waals surface area contributed by atoms with Crippen molar-refractivity contribution in [2.75, 3.05) is 0 Å². The van der Waals surface area contributed by atoms with E-state index in [9.17, 15) is 13.6 Å². The third-order valence-corrected chi connectivity index (χ3v) is 2.57. The van der Waals surface area contributed by atoms with Crippen LogP contribution in [-0.4, -0.2) is 6.29 Å². The lowest BCUT2D eigenvalue weighted by atomic mass is 10.2. The number of carbonyl (C=O) groups excluding carboxylic acids is 1. The fraction of sp³-hybridized carbons (Fsp3) is 0. The molecule has 0 saturated carbocycles. The summed E-state index contributed by atoms with van der Waals surface area (Å²) < 4.78 is 25.5. The molecule has 1 rings (SSSR count). The molecule has 1 aromatic rings. The minimum absolute atomic E-state index is 0.101. The Morgan fingerprint density at radius 1 is 1.50 bits per heavy atom. The van der Waals surface area contributed by atoms with Crippen LogP contribution in [-0.2, 0) is 0 Å². The molecule has 0 aliphatic heterocycles. The number of aldehydes is 1. The zero-order valence-electron chi connectivity index (χ0n) is 5.57. The summed E-state index contributed by atoms with van der Waals surface area (Å²) >= 11 is 8.18. The van der Waals surface area contributed by atoms with Gasteiger partial charge in [-0.15, -0.1) is 0 Å². The molecular formula is C7H2BrClF2O. The summed E-state index contributed by atoms with van der Waals surface area (Å²) in [6, 6.07) is 0.873. The first-order valence-electron chi connectivity index (χ1n) is 2.86. The normalized spacial score (nSPS) is 10.0. The molecule has 0 spiro atoms. The SMILES string of the molecule is O=Cc1c(F)cc(Cl)c(Br)c1F. The second-order valence-corrected chi connectivity index (χ2v) is 3.20. The van der Waals surface area contributed by atoms with Gasteiger partial charge in [-0.05, 0) is 22.0 Å². The van der Waals surface area contributed by atoms with E-state index in [4.69, 9.17) is 11.6 Å². The highest BCUT2D eigenvalue weighted by molar-refractivity contribution is 9.10. The summed E-state index contributed by atoms with van der Waals surface area (Å²) in [5.74, 6) is -1.94. The van der Waals surface area contributed by atoms with Crippen LogP contribution in [0.15, 0.2) is 10.5 Å². The second kappa shape index (κ2) is 3.49. The van der Waals surface area contributed by atoms with E-state index < -0.39 is 17.2 Å². The van der Waals surface area contributed by atoms with Crippen LogP contribution in [0.25, 0.3) is 0 Å². The van der Waals surface area contributed by atoms with Gasteiger partial charge < -0.3 is 0 Å². The molecule has 0 aromatic heterocycles. The van der Waals surface area contributed by atoms with Crippen LogP contribution in [0, 0.1) is 11.6 Å². The summed E-state index contributed by atoms with van der Waals surface area (Å²) in [6.45, 7) is 0. The molecule has 0 bridgehead atoms. The van der Waals surface area contributed by atoms with Crippen molar-refractivity contribution in [1.82, 2.24) is 0 Å². The molecule has 0 saturated heterocycles. The van der Waals surface area contributed by atoms with Crippen molar-refractivity contribution >= 4 is 33.8 Å². The fourth-order valence-corrected chi connectivity index (χ4v) is 1.20. The Bertz CT molecular complexity index is 341. The number of benzene rings is 1. The molecule has 0 atom stereocenters. The van der Waals surface area contributed by atoms with Gasteiger partial charge in [0.15, 0.2) is 12.1 Å². The van der Waals surface area contributed by atoms with Crippen molar-refractivity contribution in [2.24, 2.45) is 0 Å². The Balaban J connectivity index is 3.51. The standard InChI is InChI=1S/C7H2BrClF2O/c8-6-4(9)1-5(10)3(2-12)7(6)11/h1-2H. The lowest BCUT2D eigenvalue weighted by molar-refractivity contribution is 0.111. The maximum Gasteiger partial charge on any atom is 0.156 e. The van der Waals surface area contributed by atoms with Crippen LogP contribution in [0.5, 0.6) is 0 Å². The van der Waals surface area contributed by atoms with Crippen LogP contribution in [0.2, 0.25) is 5.02 Å². The first kappa shape index (κ1) is 9.61. The highest BCUT2D eigenvalue weighted by atomic mass is 79.9. The predicted molar refractivity (Wildman–Crippen MR) is 44.5 cm³/mol. The minimum Gasteiger partial charge on any atom is -0.298 e. The Morgan fingerprint density at radius 2 is 2.08 bits per heavy atom. The summed E-state index contributed by atoms with van der Waals surface area (Å²) in [4.78, 5) is 10.2. The van der Waals surface area contributed by atoms with Crippen molar-refractivity contribution < 1.29 is 13.6 Å². The third kappa shape index (κ3) is 1.49. The molecule has 0 radical (unpaired) electrons.